The summed E-state index contributed by atoms with van der Waals surface area (Å²) in [7, 11) is 0. The van der Waals surface area contributed by atoms with Gasteiger partial charge in [-0.05, 0) is 50.3 Å². The molecule has 4 rings (SSSR count). The number of aryl methyl sites for hydroxylation is 4. The van der Waals surface area contributed by atoms with Crippen molar-refractivity contribution in [1.29, 1.82) is 0 Å². The topological polar surface area (TPSA) is 104 Å². The SMILES string of the molecule is Cc1cc(OC(=O)CCn2cnc3sc4c(c3c2=O)CCCC4)ccc1[N+](=O)[O-]. The van der Waals surface area contributed by atoms with Crippen molar-refractivity contribution in [3.63, 3.8) is 0 Å². The maximum absolute atomic E-state index is 12.9. The van der Waals surface area contributed by atoms with E-state index < -0.39 is 10.9 Å². The second-order valence-electron chi connectivity index (χ2n) is 7.06. The lowest BCUT2D eigenvalue weighted by Gasteiger charge is -2.10. The van der Waals surface area contributed by atoms with E-state index in [2.05, 4.69) is 4.98 Å². The second kappa shape index (κ2) is 7.75. The van der Waals surface area contributed by atoms with E-state index in [-0.39, 0.29) is 30.0 Å². The minimum atomic E-state index is -0.516. The molecule has 0 unspecified atom stereocenters. The van der Waals surface area contributed by atoms with E-state index in [4.69, 9.17) is 4.74 Å². The van der Waals surface area contributed by atoms with Crippen molar-refractivity contribution < 1.29 is 14.5 Å². The van der Waals surface area contributed by atoms with Crippen LogP contribution in [0.25, 0.3) is 10.2 Å². The number of esters is 1. The molecule has 8 nitrogen and oxygen atoms in total. The van der Waals surface area contributed by atoms with Crippen LogP contribution >= 0.6 is 11.3 Å². The molecule has 2 heterocycles. The van der Waals surface area contributed by atoms with Gasteiger partial charge in [-0.15, -0.1) is 11.3 Å². The highest BCUT2D eigenvalue weighted by atomic mass is 32.1. The zero-order valence-electron chi connectivity index (χ0n) is 15.8. The van der Waals surface area contributed by atoms with Gasteiger partial charge in [0.05, 0.1) is 23.1 Å². The molecule has 9 heteroatoms. The Morgan fingerprint density at radius 3 is 2.90 bits per heavy atom. The third kappa shape index (κ3) is 3.77. The van der Waals surface area contributed by atoms with Crippen molar-refractivity contribution in [2.24, 2.45) is 0 Å². The number of thiophene rings is 1. The lowest BCUT2D eigenvalue weighted by Crippen LogP contribution is -2.23. The van der Waals surface area contributed by atoms with Gasteiger partial charge >= 0.3 is 5.97 Å². The number of nitrogens with zero attached hydrogens (tertiary/aromatic N) is 3. The van der Waals surface area contributed by atoms with Gasteiger partial charge in [-0.2, -0.15) is 0 Å². The summed E-state index contributed by atoms with van der Waals surface area (Å²) in [6.07, 6.45) is 5.59. The average molecular weight is 413 g/mol. The summed E-state index contributed by atoms with van der Waals surface area (Å²) in [6.45, 7) is 1.74. The van der Waals surface area contributed by atoms with Crippen LogP contribution in [0.1, 0.15) is 35.3 Å². The van der Waals surface area contributed by atoms with Crippen molar-refractivity contribution in [3.05, 3.63) is 61.0 Å². The highest BCUT2D eigenvalue weighted by Crippen LogP contribution is 2.33. The number of hydrogen-bond donors (Lipinski definition) is 0. The molecule has 0 N–H and O–H groups in total. The number of nitro groups is 1. The molecule has 0 saturated carbocycles. The fraction of sp³-hybridized carbons (Fsp3) is 0.350. The zero-order valence-corrected chi connectivity index (χ0v) is 16.7. The monoisotopic (exact) mass is 413 g/mol. The predicted octanol–water partition coefficient (Wildman–Crippen LogP) is 3.55. The number of aromatic nitrogens is 2. The summed E-state index contributed by atoms with van der Waals surface area (Å²) in [5.74, 6) is -0.275. The lowest BCUT2D eigenvalue weighted by atomic mass is 9.97. The largest absolute Gasteiger partial charge is 0.426 e. The van der Waals surface area contributed by atoms with Gasteiger partial charge in [-0.1, -0.05) is 0 Å². The van der Waals surface area contributed by atoms with Crippen LogP contribution in [-0.4, -0.2) is 20.4 Å². The number of carbonyl (C=O) groups excluding carboxylic acids is 1. The lowest BCUT2D eigenvalue weighted by molar-refractivity contribution is -0.385. The van der Waals surface area contributed by atoms with Gasteiger partial charge in [0.2, 0.25) is 0 Å². The number of benzene rings is 1. The van der Waals surface area contributed by atoms with Gasteiger partial charge in [-0.3, -0.25) is 24.3 Å². The zero-order chi connectivity index (χ0) is 20.5. The van der Waals surface area contributed by atoms with Gasteiger partial charge in [-0.25, -0.2) is 4.98 Å². The predicted molar refractivity (Wildman–Crippen MR) is 109 cm³/mol. The van der Waals surface area contributed by atoms with Crippen LogP contribution in [0.4, 0.5) is 5.69 Å². The van der Waals surface area contributed by atoms with Crippen LogP contribution in [-0.2, 0) is 24.2 Å². The Labute approximate surface area is 169 Å². The maximum atomic E-state index is 12.9. The van der Waals surface area contributed by atoms with Gasteiger partial charge in [0.25, 0.3) is 11.2 Å². The van der Waals surface area contributed by atoms with E-state index >= 15 is 0 Å². The standard InChI is InChI=1S/C20H19N3O5S/c1-12-10-13(6-7-15(12)23(26)27)28-17(24)8-9-22-11-21-19-18(20(22)25)14-4-2-3-5-16(14)29-19/h6-7,10-11H,2-5,8-9H2,1H3. The molecule has 0 bridgehead atoms. The quantitative estimate of drug-likeness (QED) is 0.274. The van der Waals surface area contributed by atoms with Gasteiger partial charge in [0.15, 0.2) is 0 Å². The molecule has 0 atom stereocenters. The molecule has 1 aromatic carbocycles. The van der Waals surface area contributed by atoms with Crippen LogP contribution < -0.4 is 10.3 Å². The van der Waals surface area contributed by atoms with Crippen LogP contribution in [0.5, 0.6) is 5.75 Å². The van der Waals surface area contributed by atoms with Crippen LogP contribution in [0, 0.1) is 17.0 Å². The fourth-order valence-corrected chi connectivity index (χ4v) is 4.85. The summed E-state index contributed by atoms with van der Waals surface area (Å²) in [6, 6.07) is 4.15. The van der Waals surface area contributed by atoms with E-state index in [0.717, 1.165) is 36.1 Å². The smallest absolute Gasteiger partial charge is 0.312 e. The molecule has 1 aliphatic rings. The number of fused-ring (bicyclic) bond motifs is 3. The average Bonchev–Trinajstić information content (AvgIpc) is 3.06. The van der Waals surface area contributed by atoms with E-state index in [1.54, 1.807) is 18.3 Å². The Balaban J connectivity index is 1.47. The molecule has 2 aromatic heterocycles. The van der Waals surface area contributed by atoms with Crippen molar-refractivity contribution in [3.8, 4) is 5.75 Å². The van der Waals surface area contributed by atoms with Gasteiger partial charge in [0, 0.05) is 23.1 Å². The molecule has 0 saturated heterocycles. The molecule has 0 spiro atoms. The number of rotatable bonds is 5. The molecule has 0 amide bonds. The van der Waals surface area contributed by atoms with Crippen LogP contribution in [0.15, 0.2) is 29.3 Å². The fourth-order valence-electron chi connectivity index (χ4n) is 3.63. The summed E-state index contributed by atoms with van der Waals surface area (Å²) < 4.78 is 6.71. The van der Waals surface area contributed by atoms with Crippen molar-refractivity contribution in [1.82, 2.24) is 9.55 Å². The minimum Gasteiger partial charge on any atom is -0.426 e. The Kier molecular flexibility index (Phi) is 5.14. The molecule has 0 fully saturated rings. The third-order valence-electron chi connectivity index (χ3n) is 5.10. The second-order valence-corrected chi connectivity index (χ2v) is 8.15. The van der Waals surface area contributed by atoms with E-state index in [0.29, 0.717) is 10.9 Å². The Hall–Kier alpha value is -3.07. The molecule has 0 radical (unpaired) electrons. The van der Waals surface area contributed by atoms with E-state index in [1.807, 2.05) is 0 Å². The van der Waals surface area contributed by atoms with Crippen molar-refractivity contribution in [2.75, 3.05) is 0 Å². The Bertz CT molecular complexity index is 1180. The maximum Gasteiger partial charge on any atom is 0.312 e. The van der Waals surface area contributed by atoms with E-state index in [1.165, 1.54) is 34.0 Å². The number of ether oxygens (including phenoxy) is 1. The molecule has 1 aliphatic carbocycles. The summed E-state index contributed by atoms with van der Waals surface area (Å²) >= 11 is 1.59. The molecule has 3 aromatic rings. The highest BCUT2D eigenvalue weighted by Gasteiger charge is 2.20. The first-order valence-electron chi connectivity index (χ1n) is 9.39. The van der Waals surface area contributed by atoms with Crippen LogP contribution in [0.3, 0.4) is 0 Å². The number of carbonyl (C=O) groups is 1. The minimum absolute atomic E-state index is 0.00451. The molecule has 29 heavy (non-hydrogen) atoms. The molecular formula is C20H19N3O5S. The first-order valence-corrected chi connectivity index (χ1v) is 10.2. The van der Waals surface area contributed by atoms with Crippen LogP contribution in [0.2, 0.25) is 0 Å². The van der Waals surface area contributed by atoms with Crippen molar-refractivity contribution in [2.45, 2.75) is 45.6 Å². The Morgan fingerprint density at radius 2 is 2.14 bits per heavy atom. The summed E-state index contributed by atoms with van der Waals surface area (Å²) in [5, 5.41) is 11.6. The summed E-state index contributed by atoms with van der Waals surface area (Å²) in [5.41, 5.74) is 1.38. The van der Waals surface area contributed by atoms with Crippen molar-refractivity contribution >= 4 is 33.2 Å². The molecule has 150 valence electrons. The molecule has 0 aliphatic heterocycles. The first-order chi connectivity index (χ1) is 13.9. The summed E-state index contributed by atoms with van der Waals surface area (Å²) in [4.78, 5) is 41.9. The molecular weight excluding hydrogens is 394 g/mol. The van der Waals surface area contributed by atoms with Gasteiger partial charge < -0.3 is 4.74 Å². The first kappa shape index (κ1) is 19.3. The van der Waals surface area contributed by atoms with Gasteiger partial charge in [0.1, 0.15) is 10.6 Å². The third-order valence-corrected chi connectivity index (χ3v) is 6.30. The van der Waals surface area contributed by atoms with E-state index in [9.17, 15) is 19.7 Å². The number of nitro benzene ring substituents is 1. The number of hydrogen-bond acceptors (Lipinski definition) is 7. The normalized spacial score (nSPS) is 13.3. The Morgan fingerprint density at radius 1 is 1.34 bits per heavy atom. The highest BCUT2D eigenvalue weighted by molar-refractivity contribution is 7.18.